The topological polar surface area (TPSA) is 42.9 Å². The van der Waals surface area contributed by atoms with Gasteiger partial charge in [-0.1, -0.05) is 19.1 Å². The summed E-state index contributed by atoms with van der Waals surface area (Å²) in [6.07, 6.45) is 2.81. The van der Waals surface area contributed by atoms with Gasteiger partial charge in [-0.3, -0.25) is 4.79 Å². The van der Waals surface area contributed by atoms with Gasteiger partial charge in [0.1, 0.15) is 11.5 Å². The quantitative estimate of drug-likeness (QED) is 0.540. The summed E-state index contributed by atoms with van der Waals surface area (Å²) in [5, 5.41) is 0. The summed E-state index contributed by atoms with van der Waals surface area (Å²) < 4.78 is 0. The molecule has 0 N–H and O–H groups in total. The van der Waals surface area contributed by atoms with Crippen molar-refractivity contribution in [2.24, 2.45) is 0 Å². The summed E-state index contributed by atoms with van der Waals surface area (Å²) in [6.45, 7) is 7.55. The number of hydrogen-bond donors (Lipinski definition) is 0. The summed E-state index contributed by atoms with van der Waals surface area (Å²) in [4.78, 5) is 19.6. The van der Waals surface area contributed by atoms with Crippen molar-refractivity contribution in [3.05, 3.63) is 35.9 Å². The van der Waals surface area contributed by atoms with Gasteiger partial charge >= 0.3 is 0 Å². The Labute approximate surface area is 83.9 Å². The van der Waals surface area contributed by atoms with E-state index in [2.05, 4.69) is 16.5 Å². The predicted octanol–water partition coefficient (Wildman–Crippen LogP) is 2.32. The smallest absolute Gasteiger partial charge is 0.185 e. The van der Waals surface area contributed by atoms with Gasteiger partial charge in [0.15, 0.2) is 5.78 Å². The fourth-order valence-electron chi connectivity index (χ4n) is 1.05. The number of aryl methyl sites for hydroxylation is 1. The molecule has 0 aliphatic heterocycles. The molecule has 0 saturated heterocycles. The number of rotatable bonds is 4. The molecule has 1 aromatic heterocycles. The number of nitrogens with zero attached hydrogens (tertiary/aromatic N) is 2. The average Bonchev–Trinajstić information content (AvgIpc) is 2.17. The predicted molar refractivity (Wildman–Crippen MR) is 55.1 cm³/mol. The molecule has 3 nitrogen and oxygen atoms in total. The van der Waals surface area contributed by atoms with Gasteiger partial charge in [-0.15, -0.1) is 0 Å². The first-order chi connectivity index (χ1) is 6.63. The fraction of sp³-hybridized carbons (Fsp3) is 0.364. The lowest BCUT2D eigenvalue weighted by molar-refractivity contribution is 0.0987. The van der Waals surface area contributed by atoms with Crippen molar-refractivity contribution >= 4 is 5.78 Å². The molecule has 1 rings (SSSR count). The molecule has 0 aliphatic rings. The van der Waals surface area contributed by atoms with Crippen molar-refractivity contribution in [2.45, 2.75) is 26.7 Å². The van der Waals surface area contributed by atoms with Crippen LogP contribution in [0.1, 0.15) is 36.1 Å². The van der Waals surface area contributed by atoms with Crippen molar-refractivity contribution in [1.29, 1.82) is 0 Å². The second-order valence-corrected chi connectivity index (χ2v) is 3.19. The molecule has 0 saturated carbocycles. The van der Waals surface area contributed by atoms with Gasteiger partial charge < -0.3 is 0 Å². The second-order valence-electron chi connectivity index (χ2n) is 3.19. The third kappa shape index (κ3) is 2.76. The van der Waals surface area contributed by atoms with Crippen molar-refractivity contribution in [3.8, 4) is 0 Å². The number of aromatic nitrogens is 2. The molecular weight excluding hydrogens is 176 g/mol. The van der Waals surface area contributed by atoms with Crippen molar-refractivity contribution in [1.82, 2.24) is 9.97 Å². The monoisotopic (exact) mass is 190 g/mol. The number of ketones is 1. The van der Waals surface area contributed by atoms with Crippen LogP contribution in [0.4, 0.5) is 0 Å². The van der Waals surface area contributed by atoms with E-state index in [0.29, 0.717) is 17.9 Å². The molecule has 0 unspecified atom stereocenters. The summed E-state index contributed by atoms with van der Waals surface area (Å²) >= 11 is 0. The molecule has 14 heavy (non-hydrogen) atoms. The van der Waals surface area contributed by atoms with Crippen LogP contribution in [0.25, 0.3) is 0 Å². The molecule has 3 heteroatoms. The number of carbonyl (C=O) groups is 1. The highest BCUT2D eigenvalue weighted by atomic mass is 16.1. The lowest BCUT2D eigenvalue weighted by atomic mass is 10.1. The van der Waals surface area contributed by atoms with Gasteiger partial charge in [0.05, 0.1) is 0 Å². The fourth-order valence-corrected chi connectivity index (χ4v) is 1.05. The van der Waals surface area contributed by atoms with Crippen LogP contribution < -0.4 is 0 Å². The minimum atomic E-state index is 0.0161. The molecule has 0 bridgehead atoms. The van der Waals surface area contributed by atoms with Crippen molar-refractivity contribution in [3.63, 3.8) is 0 Å². The Morgan fingerprint density at radius 1 is 1.57 bits per heavy atom. The Balaban J connectivity index is 2.75. The maximum absolute atomic E-state index is 11.6. The standard InChI is InChI=1S/C11H14N2O/c1-4-8(2)7-11(14)10-5-6-12-9(3)13-10/h5-6H,2,4,7H2,1,3H3. The van der Waals surface area contributed by atoms with Crippen LogP contribution in [0.2, 0.25) is 0 Å². The van der Waals surface area contributed by atoms with Gasteiger partial charge in [0, 0.05) is 12.6 Å². The van der Waals surface area contributed by atoms with Crippen LogP contribution in [0.15, 0.2) is 24.4 Å². The van der Waals surface area contributed by atoms with E-state index in [1.165, 1.54) is 0 Å². The van der Waals surface area contributed by atoms with Crippen LogP contribution >= 0.6 is 0 Å². The summed E-state index contributed by atoms with van der Waals surface area (Å²) in [5.74, 6) is 0.639. The summed E-state index contributed by atoms with van der Waals surface area (Å²) in [6, 6.07) is 1.64. The maximum Gasteiger partial charge on any atom is 0.185 e. The van der Waals surface area contributed by atoms with Crippen LogP contribution in [0.5, 0.6) is 0 Å². The van der Waals surface area contributed by atoms with Crippen LogP contribution in [0, 0.1) is 6.92 Å². The van der Waals surface area contributed by atoms with E-state index in [1.807, 2.05) is 6.92 Å². The summed E-state index contributed by atoms with van der Waals surface area (Å²) in [5.41, 5.74) is 1.42. The molecule has 0 aromatic carbocycles. The molecule has 1 aromatic rings. The Hall–Kier alpha value is -1.51. The zero-order valence-electron chi connectivity index (χ0n) is 8.58. The van der Waals surface area contributed by atoms with Crippen molar-refractivity contribution in [2.75, 3.05) is 0 Å². The van der Waals surface area contributed by atoms with Gasteiger partial charge in [-0.2, -0.15) is 0 Å². The molecule has 0 spiro atoms. The maximum atomic E-state index is 11.6. The van der Waals surface area contributed by atoms with E-state index in [9.17, 15) is 4.79 Å². The zero-order valence-corrected chi connectivity index (χ0v) is 8.58. The largest absolute Gasteiger partial charge is 0.292 e. The van der Waals surface area contributed by atoms with Gasteiger partial charge in [0.25, 0.3) is 0 Å². The SMILES string of the molecule is C=C(CC)CC(=O)c1ccnc(C)n1. The van der Waals surface area contributed by atoms with E-state index >= 15 is 0 Å². The van der Waals surface area contributed by atoms with Crippen LogP contribution in [-0.4, -0.2) is 15.8 Å². The Morgan fingerprint density at radius 3 is 2.86 bits per heavy atom. The average molecular weight is 190 g/mol. The molecule has 0 fully saturated rings. The summed E-state index contributed by atoms with van der Waals surface area (Å²) in [7, 11) is 0. The molecule has 0 atom stereocenters. The Bertz CT molecular complexity index is 358. The lowest BCUT2D eigenvalue weighted by Crippen LogP contribution is -2.04. The highest BCUT2D eigenvalue weighted by Crippen LogP contribution is 2.08. The third-order valence-electron chi connectivity index (χ3n) is 1.97. The molecule has 74 valence electrons. The number of hydrogen-bond acceptors (Lipinski definition) is 3. The van der Waals surface area contributed by atoms with Gasteiger partial charge in [0.2, 0.25) is 0 Å². The van der Waals surface area contributed by atoms with Gasteiger partial charge in [-0.05, 0) is 19.4 Å². The highest BCUT2D eigenvalue weighted by molar-refractivity contribution is 5.95. The van der Waals surface area contributed by atoms with E-state index in [0.717, 1.165) is 12.0 Å². The van der Waals surface area contributed by atoms with Crippen molar-refractivity contribution < 1.29 is 4.79 Å². The van der Waals surface area contributed by atoms with Crippen LogP contribution in [0.3, 0.4) is 0 Å². The molecule has 0 aliphatic carbocycles. The normalized spacial score (nSPS) is 9.86. The number of Topliss-reactive ketones (excluding diaryl/α,β-unsaturated/α-hetero) is 1. The second kappa shape index (κ2) is 4.65. The molecular formula is C11H14N2O. The molecule has 0 radical (unpaired) electrons. The first-order valence-corrected chi connectivity index (χ1v) is 4.63. The first-order valence-electron chi connectivity index (χ1n) is 4.63. The highest BCUT2D eigenvalue weighted by Gasteiger charge is 2.08. The number of carbonyl (C=O) groups excluding carboxylic acids is 1. The third-order valence-corrected chi connectivity index (χ3v) is 1.97. The van der Waals surface area contributed by atoms with Crippen LogP contribution in [-0.2, 0) is 0 Å². The first kappa shape index (κ1) is 10.6. The zero-order chi connectivity index (χ0) is 10.6. The van der Waals surface area contributed by atoms with E-state index in [1.54, 1.807) is 19.2 Å². The Morgan fingerprint density at radius 2 is 2.29 bits per heavy atom. The molecule has 0 amide bonds. The number of allylic oxidation sites excluding steroid dienone is 1. The minimum Gasteiger partial charge on any atom is -0.292 e. The lowest BCUT2D eigenvalue weighted by Gasteiger charge is -2.01. The minimum absolute atomic E-state index is 0.0161. The van der Waals surface area contributed by atoms with E-state index in [-0.39, 0.29) is 5.78 Å². The molecule has 1 heterocycles. The Kier molecular flexibility index (Phi) is 3.51. The van der Waals surface area contributed by atoms with Gasteiger partial charge in [-0.25, -0.2) is 9.97 Å². The van der Waals surface area contributed by atoms with E-state index in [4.69, 9.17) is 0 Å². The van der Waals surface area contributed by atoms with E-state index < -0.39 is 0 Å².